The molecule has 2 fully saturated rings. The fourth-order valence-corrected chi connectivity index (χ4v) is 6.17. The third-order valence-electron chi connectivity index (χ3n) is 7.69. The molecule has 0 bridgehead atoms. The van der Waals surface area contributed by atoms with Crippen molar-refractivity contribution in [2.24, 2.45) is 0 Å². The van der Waals surface area contributed by atoms with Crippen LogP contribution in [0.3, 0.4) is 0 Å². The number of benzene rings is 1. The lowest BCUT2D eigenvalue weighted by molar-refractivity contribution is 0.0202. The lowest BCUT2D eigenvalue weighted by atomic mass is 9.94. The van der Waals surface area contributed by atoms with Gasteiger partial charge in [-0.05, 0) is 58.1 Å². The van der Waals surface area contributed by atoms with Crippen LogP contribution < -0.4 is 0 Å². The van der Waals surface area contributed by atoms with E-state index in [1.54, 1.807) is 4.90 Å². The van der Waals surface area contributed by atoms with Crippen LogP contribution in [0.5, 0.6) is 0 Å². The molecular weight excluding hydrogens is 536 g/mol. The molecule has 1 aromatic heterocycles. The number of imidazole rings is 1. The first-order chi connectivity index (χ1) is 19.4. The second-order valence-corrected chi connectivity index (χ2v) is 19.1. The van der Waals surface area contributed by atoms with Crippen molar-refractivity contribution in [3.8, 4) is 0 Å². The maximum Gasteiger partial charge on any atom is 0.410 e. The Bertz CT molecular complexity index is 1150. The van der Waals surface area contributed by atoms with Crippen LogP contribution in [0.4, 0.5) is 9.59 Å². The summed E-state index contributed by atoms with van der Waals surface area (Å²) in [5, 5.41) is 0. The van der Waals surface area contributed by atoms with Crippen molar-refractivity contribution >= 4 is 20.3 Å². The third-order valence-corrected chi connectivity index (χ3v) is 9.39. The Morgan fingerprint density at radius 3 is 2.37 bits per heavy atom. The fourth-order valence-electron chi connectivity index (χ4n) is 5.41. The highest BCUT2D eigenvalue weighted by molar-refractivity contribution is 6.76. The van der Waals surface area contributed by atoms with Gasteiger partial charge in [0.25, 0.3) is 0 Å². The molecule has 2 saturated heterocycles. The Kier molecular flexibility index (Phi) is 10.2. The van der Waals surface area contributed by atoms with Gasteiger partial charge in [-0.15, -0.1) is 0 Å². The van der Waals surface area contributed by atoms with Gasteiger partial charge in [-0.2, -0.15) is 0 Å². The number of aromatic nitrogens is 2. The Hall–Kier alpha value is -2.85. The molecule has 2 amide bonds. The van der Waals surface area contributed by atoms with Gasteiger partial charge in [-0.25, -0.2) is 14.6 Å². The minimum atomic E-state index is -1.23. The van der Waals surface area contributed by atoms with Crippen molar-refractivity contribution in [3.63, 3.8) is 0 Å². The molecular formula is C31H48N4O5Si. The highest BCUT2D eigenvalue weighted by atomic mass is 28.3. The number of piperidine rings is 1. The molecule has 41 heavy (non-hydrogen) atoms. The summed E-state index contributed by atoms with van der Waals surface area (Å²) in [5.41, 5.74) is 1.54. The molecule has 0 saturated carbocycles. The number of rotatable bonds is 9. The summed E-state index contributed by atoms with van der Waals surface area (Å²) in [5.74, 6) is 1.10. The van der Waals surface area contributed by atoms with E-state index in [4.69, 9.17) is 19.2 Å². The van der Waals surface area contributed by atoms with Gasteiger partial charge in [0.05, 0.1) is 6.04 Å². The van der Waals surface area contributed by atoms with Crippen LogP contribution in [0.2, 0.25) is 25.7 Å². The molecule has 9 nitrogen and oxygen atoms in total. The number of likely N-dealkylation sites (tertiary alicyclic amines) is 2. The van der Waals surface area contributed by atoms with Crippen LogP contribution in [0, 0.1) is 0 Å². The standard InChI is InChI=1S/C31H48N4O5Si/c1-31(2,3)40-30(37)34-16-10-13-26(34)28-32-21-27(35(28)23-38-19-20-41(4,5)6)25-14-17-33(18-15-25)29(36)39-22-24-11-8-7-9-12-24/h7-9,11-12,21,25-26H,10,13-20,22-23H2,1-6H3. The Morgan fingerprint density at radius 1 is 1.00 bits per heavy atom. The molecule has 1 unspecified atom stereocenters. The van der Waals surface area contributed by atoms with E-state index in [1.165, 1.54) is 0 Å². The minimum absolute atomic E-state index is 0.146. The van der Waals surface area contributed by atoms with Crippen molar-refractivity contribution in [3.05, 3.63) is 53.6 Å². The maximum absolute atomic E-state index is 13.1. The van der Waals surface area contributed by atoms with Crippen molar-refractivity contribution in [1.29, 1.82) is 0 Å². The topological polar surface area (TPSA) is 86.1 Å². The summed E-state index contributed by atoms with van der Waals surface area (Å²) in [4.78, 5) is 34.3. The quantitative estimate of drug-likeness (QED) is 0.238. The first-order valence-corrected chi connectivity index (χ1v) is 18.7. The average molecular weight is 585 g/mol. The van der Waals surface area contributed by atoms with E-state index in [2.05, 4.69) is 24.2 Å². The number of hydrogen-bond donors (Lipinski definition) is 0. The summed E-state index contributed by atoms with van der Waals surface area (Å²) in [7, 11) is -1.23. The Labute approximate surface area is 246 Å². The number of amides is 2. The van der Waals surface area contributed by atoms with Crippen molar-refractivity contribution in [2.45, 2.75) is 103 Å². The second-order valence-electron chi connectivity index (χ2n) is 13.5. The Balaban J connectivity index is 1.45. The largest absolute Gasteiger partial charge is 0.445 e. The van der Waals surface area contributed by atoms with Crippen molar-refractivity contribution in [1.82, 2.24) is 19.4 Å². The zero-order chi connectivity index (χ0) is 29.6. The predicted octanol–water partition coefficient (Wildman–Crippen LogP) is 6.78. The molecule has 2 aromatic rings. The van der Waals surface area contributed by atoms with Gasteiger partial charge < -0.3 is 23.7 Å². The van der Waals surface area contributed by atoms with E-state index < -0.39 is 13.7 Å². The zero-order valence-electron chi connectivity index (χ0n) is 25.7. The van der Waals surface area contributed by atoms with Gasteiger partial charge in [0.2, 0.25) is 0 Å². The molecule has 226 valence electrons. The van der Waals surface area contributed by atoms with Gasteiger partial charge in [0.15, 0.2) is 0 Å². The van der Waals surface area contributed by atoms with E-state index in [9.17, 15) is 9.59 Å². The fraction of sp³-hybridized carbons (Fsp3) is 0.645. The van der Waals surface area contributed by atoms with Crippen LogP contribution >= 0.6 is 0 Å². The minimum Gasteiger partial charge on any atom is -0.445 e. The number of ether oxygens (including phenoxy) is 3. The number of hydrogen-bond acceptors (Lipinski definition) is 6. The number of carbonyl (C=O) groups is 2. The average Bonchev–Trinajstić information content (AvgIpc) is 3.56. The first-order valence-electron chi connectivity index (χ1n) is 15.0. The Morgan fingerprint density at radius 2 is 1.71 bits per heavy atom. The summed E-state index contributed by atoms with van der Waals surface area (Å²) >= 11 is 0. The smallest absolute Gasteiger partial charge is 0.410 e. The molecule has 1 aromatic carbocycles. The summed E-state index contributed by atoms with van der Waals surface area (Å²) in [6, 6.07) is 10.7. The van der Waals surface area contributed by atoms with Crippen molar-refractivity contribution < 1.29 is 23.8 Å². The predicted molar refractivity (Wildman–Crippen MR) is 161 cm³/mol. The number of carbonyl (C=O) groups excluding carboxylic acids is 2. The second kappa shape index (κ2) is 13.4. The first kappa shape index (κ1) is 31.1. The number of nitrogens with zero attached hydrogens (tertiary/aromatic N) is 4. The van der Waals surface area contributed by atoms with Crippen molar-refractivity contribution in [2.75, 3.05) is 26.2 Å². The van der Waals surface area contributed by atoms with Crippen LogP contribution in [0.1, 0.15) is 75.5 Å². The lowest BCUT2D eigenvalue weighted by Crippen LogP contribution is -2.39. The molecule has 1 atom stereocenters. The van der Waals surface area contributed by atoms with Crippen LogP contribution in [-0.2, 0) is 27.5 Å². The molecule has 0 N–H and O–H groups in total. The van der Waals surface area contributed by atoms with E-state index in [1.807, 2.05) is 62.2 Å². The normalized spacial score (nSPS) is 18.5. The van der Waals surface area contributed by atoms with Gasteiger partial charge in [0, 0.05) is 52.1 Å². The van der Waals surface area contributed by atoms with Gasteiger partial charge >= 0.3 is 12.2 Å². The van der Waals surface area contributed by atoms with Gasteiger partial charge in [-0.1, -0.05) is 50.0 Å². The monoisotopic (exact) mass is 584 g/mol. The molecule has 10 heteroatoms. The van der Waals surface area contributed by atoms with E-state index in [0.29, 0.717) is 33.0 Å². The van der Waals surface area contributed by atoms with E-state index >= 15 is 0 Å². The van der Waals surface area contributed by atoms with Crippen LogP contribution in [-0.4, -0.2) is 71.5 Å². The summed E-state index contributed by atoms with van der Waals surface area (Å²) in [6.45, 7) is 16.0. The molecule has 2 aliphatic heterocycles. The maximum atomic E-state index is 13.1. The van der Waals surface area contributed by atoms with Crippen LogP contribution in [0.25, 0.3) is 0 Å². The molecule has 0 aliphatic carbocycles. The summed E-state index contributed by atoms with van der Waals surface area (Å²) < 4.78 is 19.7. The van der Waals surface area contributed by atoms with Crippen LogP contribution in [0.15, 0.2) is 36.5 Å². The molecule has 4 rings (SSSR count). The van der Waals surface area contributed by atoms with E-state index in [0.717, 1.165) is 48.8 Å². The highest BCUT2D eigenvalue weighted by Crippen LogP contribution is 2.36. The summed E-state index contributed by atoms with van der Waals surface area (Å²) in [6.07, 6.45) is 4.79. The molecule has 0 spiro atoms. The highest BCUT2D eigenvalue weighted by Gasteiger charge is 2.37. The third kappa shape index (κ3) is 8.82. The SMILES string of the molecule is CC(C)(C)OC(=O)N1CCCC1c1ncc(C2CCN(C(=O)OCc3ccccc3)CC2)n1COCC[Si](C)(C)C. The van der Waals surface area contributed by atoms with Gasteiger partial charge in [-0.3, -0.25) is 4.90 Å². The zero-order valence-corrected chi connectivity index (χ0v) is 26.7. The molecule has 2 aliphatic rings. The molecule has 3 heterocycles. The van der Waals surface area contributed by atoms with E-state index in [-0.39, 0.29) is 30.8 Å². The molecule has 0 radical (unpaired) electrons. The van der Waals surface area contributed by atoms with Gasteiger partial charge in [0.1, 0.15) is 24.8 Å². The lowest BCUT2D eigenvalue weighted by Gasteiger charge is -2.32.